The van der Waals surface area contributed by atoms with E-state index in [1.807, 2.05) is 19.1 Å². The van der Waals surface area contributed by atoms with Gasteiger partial charge < -0.3 is 30.4 Å². The van der Waals surface area contributed by atoms with E-state index in [4.69, 9.17) is 30.7 Å². The SMILES string of the molecule is Cc1c(SNCP(=O)(O)Oc2ccc(C#N)c(F)c2)sc2cc(OCCCN)c(OCCCN)cc12. The molecule has 0 saturated carbocycles. The van der Waals surface area contributed by atoms with Crippen LogP contribution in [0.1, 0.15) is 24.0 Å². The number of nitriles is 1. The molecule has 1 heterocycles. The Kier molecular flexibility index (Phi) is 10.4. The Bertz CT molecular complexity index is 1280. The molecule has 0 aliphatic rings. The molecule has 0 aliphatic heterocycles. The average Bonchev–Trinajstić information content (AvgIpc) is 3.13. The van der Waals surface area contributed by atoms with Gasteiger partial charge in [0.05, 0.1) is 23.0 Å². The molecule has 0 spiro atoms. The minimum Gasteiger partial charge on any atom is -0.490 e. The second-order valence-corrected chi connectivity index (χ2v) is 11.7. The zero-order valence-corrected chi connectivity index (χ0v) is 22.2. The van der Waals surface area contributed by atoms with Crippen molar-refractivity contribution in [2.45, 2.75) is 24.0 Å². The highest BCUT2D eigenvalue weighted by Crippen LogP contribution is 2.45. The Balaban J connectivity index is 1.70. The zero-order valence-electron chi connectivity index (χ0n) is 19.7. The molecule has 1 atom stereocenters. The molecule has 0 amide bonds. The lowest BCUT2D eigenvalue weighted by Gasteiger charge is -2.14. The first-order valence-electron chi connectivity index (χ1n) is 11.1. The van der Waals surface area contributed by atoms with Crippen LogP contribution in [0, 0.1) is 24.1 Å². The predicted molar refractivity (Wildman–Crippen MR) is 140 cm³/mol. The van der Waals surface area contributed by atoms with Crippen molar-refractivity contribution < 1.29 is 27.8 Å². The van der Waals surface area contributed by atoms with Crippen LogP contribution in [0.25, 0.3) is 10.1 Å². The third-order valence-corrected chi connectivity index (χ3v) is 8.51. The van der Waals surface area contributed by atoms with E-state index in [0.29, 0.717) is 50.6 Å². The van der Waals surface area contributed by atoms with E-state index in [0.717, 1.165) is 25.9 Å². The van der Waals surface area contributed by atoms with Gasteiger partial charge in [0.15, 0.2) is 11.5 Å². The molecule has 0 bridgehead atoms. The maximum atomic E-state index is 13.8. The van der Waals surface area contributed by atoms with Crippen LogP contribution in [0.3, 0.4) is 0 Å². The average molecular weight is 555 g/mol. The molecule has 3 rings (SSSR count). The molecule has 0 saturated heterocycles. The molecular formula is C23H28FN4O5PS2. The molecule has 1 aromatic heterocycles. The fourth-order valence-corrected chi connectivity index (χ4v) is 6.45. The van der Waals surface area contributed by atoms with Gasteiger partial charge in [0.25, 0.3) is 0 Å². The molecule has 9 nitrogen and oxygen atoms in total. The lowest BCUT2D eigenvalue weighted by atomic mass is 10.2. The van der Waals surface area contributed by atoms with Crippen LogP contribution in [0.4, 0.5) is 4.39 Å². The fourth-order valence-electron chi connectivity index (χ4n) is 3.08. The minimum atomic E-state index is -4.13. The number of hydrogen-bond donors (Lipinski definition) is 4. The summed E-state index contributed by atoms with van der Waals surface area (Å²) in [5, 5.41) is 9.78. The first kappa shape index (κ1) is 28.2. The highest BCUT2D eigenvalue weighted by atomic mass is 32.2. The summed E-state index contributed by atoms with van der Waals surface area (Å²) in [6, 6.07) is 8.90. The molecule has 0 radical (unpaired) electrons. The number of nitrogens with one attached hydrogen (secondary N) is 1. The number of thiophene rings is 1. The van der Waals surface area contributed by atoms with Gasteiger partial charge in [0.1, 0.15) is 23.9 Å². The predicted octanol–water partition coefficient (Wildman–Crippen LogP) is 4.49. The second-order valence-electron chi connectivity index (χ2n) is 7.68. The first-order chi connectivity index (χ1) is 17.3. The summed E-state index contributed by atoms with van der Waals surface area (Å²) in [7, 11) is -4.13. The van der Waals surface area contributed by atoms with E-state index < -0.39 is 13.4 Å². The van der Waals surface area contributed by atoms with Crippen molar-refractivity contribution in [3.05, 3.63) is 47.3 Å². The highest BCUT2D eigenvalue weighted by molar-refractivity contribution is 7.99. The number of halogens is 1. The van der Waals surface area contributed by atoms with Crippen LogP contribution in [-0.2, 0) is 4.57 Å². The Morgan fingerprint density at radius 1 is 1.17 bits per heavy atom. The standard InChI is InChI=1S/C23H28FN4O5PS2/c1-15-18-11-20(31-8-2-6-25)21(32-9-3-7-26)12-22(18)35-23(15)36-28-14-34(29,30)33-17-5-4-16(13-27)19(24)10-17/h4-5,10-12,28H,2-3,6-9,14,25-26H2,1H3,(H,29,30). The number of fused-ring (bicyclic) bond motifs is 1. The summed E-state index contributed by atoms with van der Waals surface area (Å²) >= 11 is 2.70. The molecule has 0 fully saturated rings. The molecule has 2 aromatic carbocycles. The molecule has 3 aromatic rings. The summed E-state index contributed by atoms with van der Waals surface area (Å²) in [5.74, 6) is 0.297. The van der Waals surface area contributed by atoms with Crippen molar-refractivity contribution in [2.75, 3.05) is 32.6 Å². The summed E-state index contributed by atoms with van der Waals surface area (Å²) in [4.78, 5) is 10.2. The maximum absolute atomic E-state index is 13.8. The van der Waals surface area contributed by atoms with E-state index in [1.54, 1.807) is 6.07 Å². The topological polar surface area (TPSA) is 153 Å². The van der Waals surface area contributed by atoms with Gasteiger partial charge >= 0.3 is 7.60 Å². The van der Waals surface area contributed by atoms with Gasteiger partial charge in [-0.3, -0.25) is 0 Å². The van der Waals surface area contributed by atoms with Gasteiger partial charge in [-0.25, -0.2) is 13.7 Å². The van der Waals surface area contributed by atoms with Crippen molar-refractivity contribution in [1.29, 1.82) is 5.26 Å². The summed E-state index contributed by atoms with van der Waals surface area (Å²) in [5.41, 5.74) is 12.0. The molecule has 36 heavy (non-hydrogen) atoms. The number of aryl methyl sites for hydroxylation is 1. The fraction of sp³-hybridized carbons (Fsp3) is 0.348. The second kappa shape index (κ2) is 13.3. The number of benzene rings is 2. The highest BCUT2D eigenvalue weighted by Gasteiger charge is 2.22. The van der Waals surface area contributed by atoms with Gasteiger partial charge in [-0.05, 0) is 68.6 Å². The molecule has 194 valence electrons. The van der Waals surface area contributed by atoms with Gasteiger partial charge in [0.2, 0.25) is 0 Å². The number of ether oxygens (including phenoxy) is 2. The van der Waals surface area contributed by atoms with Gasteiger partial charge in [-0.2, -0.15) is 5.26 Å². The van der Waals surface area contributed by atoms with Crippen LogP contribution >= 0.6 is 30.9 Å². The van der Waals surface area contributed by atoms with E-state index in [2.05, 4.69) is 4.72 Å². The Labute approximate surface area is 217 Å². The number of nitrogens with zero attached hydrogens (tertiary/aromatic N) is 1. The Morgan fingerprint density at radius 3 is 2.44 bits per heavy atom. The zero-order chi connectivity index (χ0) is 26.1. The monoisotopic (exact) mass is 554 g/mol. The number of nitrogens with two attached hydrogens (primary N) is 2. The molecular weight excluding hydrogens is 526 g/mol. The Hall–Kier alpha value is -2.36. The van der Waals surface area contributed by atoms with Crippen molar-refractivity contribution in [3.8, 4) is 23.3 Å². The largest absolute Gasteiger partial charge is 0.490 e. The molecule has 0 aliphatic carbocycles. The molecule has 13 heteroatoms. The summed E-state index contributed by atoms with van der Waals surface area (Å²) in [6.07, 6.45) is 1.05. The Morgan fingerprint density at radius 2 is 1.83 bits per heavy atom. The van der Waals surface area contributed by atoms with Crippen LogP contribution in [0.5, 0.6) is 17.2 Å². The normalized spacial score (nSPS) is 12.8. The third kappa shape index (κ3) is 7.57. The number of rotatable bonds is 14. The maximum Gasteiger partial charge on any atom is 0.391 e. The summed E-state index contributed by atoms with van der Waals surface area (Å²) in [6.45, 7) is 3.94. The van der Waals surface area contributed by atoms with Crippen LogP contribution in [0.2, 0.25) is 0 Å². The minimum absolute atomic E-state index is 0.133. The van der Waals surface area contributed by atoms with Gasteiger partial charge in [-0.15, -0.1) is 11.3 Å². The van der Waals surface area contributed by atoms with E-state index in [-0.39, 0.29) is 17.6 Å². The lowest BCUT2D eigenvalue weighted by molar-refractivity contribution is 0.266. The van der Waals surface area contributed by atoms with Crippen LogP contribution in [-0.4, -0.2) is 37.5 Å². The van der Waals surface area contributed by atoms with Crippen molar-refractivity contribution in [1.82, 2.24) is 4.72 Å². The van der Waals surface area contributed by atoms with Crippen LogP contribution in [0.15, 0.2) is 34.5 Å². The lowest BCUT2D eigenvalue weighted by Crippen LogP contribution is -2.09. The van der Waals surface area contributed by atoms with Gasteiger partial charge in [0, 0.05) is 22.2 Å². The quantitative estimate of drug-likeness (QED) is 0.127. The summed E-state index contributed by atoms with van der Waals surface area (Å²) < 4.78 is 47.8. The first-order valence-corrected chi connectivity index (χ1v) is 14.5. The van der Waals surface area contributed by atoms with Gasteiger partial charge in [-0.1, -0.05) is 0 Å². The van der Waals surface area contributed by atoms with Crippen molar-refractivity contribution in [2.24, 2.45) is 11.5 Å². The molecule has 6 N–H and O–H groups in total. The number of hydrogen-bond acceptors (Lipinski definition) is 10. The van der Waals surface area contributed by atoms with E-state index >= 15 is 0 Å². The smallest absolute Gasteiger partial charge is 0.391 e. The van der Waals surface area contributed by atoms with E-state index in [9.17, 15) is 13.8 Å². The third-order valence-electron chi connectivity index (χ3n) is 4.91. The van der Waals surface area contributed by atoms with Crippen molar-refractivity contribution >= 4 is 41.0 Å². The van der Waals surface area contributed by atoms with Crippen molar-refractivity contribution in [3.63, 3.8) is 0 Å². The van der Waals surface area contributed by atoms with E-state index in [1.165, 1.54) is 35.4 Å². The molecule has 1 unspecified atom stereocenters. The van der Waals surface area contributed by atoms with Crippen LogP contribution < -0.4 is 30.2 Å².